The molecule has 1 atom stereocenters. The second-order valence-electron chi connectivity index (χ2n) is 3.81. The molecule has 0 aliphatic heterocycles. The molecule has 0 aliphatic carbocycles. The fourth-order valence-electron chi connectivity index (χ4n) is 1.59. The Hall–Kier alpha value is -0.540. The van der Waals surface area contributed by atoms with Gasteiger partial charge in [0, 0.05) is 9.90 Å². The molecule has 1 heterocycles. The smallest absolute Gasteiger partial charge is 0.0745 e. The lowest BCUT2D eigenvalue weighted by Gasteiger charge is -2.24. The Labute approximate surface area is 109 Å². The molecule has 0 amide bonds. The SMILES string of the molecule is CC(N)(c1ccc(Cl)cc1)c1sccc1Cl. The Balaban J connectivity index is 2.46. The summed E-state index contributed by atoms with van der Waals surface area (Å²) in [7, 11) is 0. The van der Waals surface area contributed by atoms with Crippen molar-refractivity contribution in [3.63, 3.8) is 0 Å². The number of rotatable bonds is 2. The molecule has 0 bridgehead atoms. The van der Waals surface area contributed by atoms with Gasteiger partial charge >= 0.3 is 0 Å². The van der Waals surface area contributed by atoms with Gasteiger partial charge in [0.1, 0.15) is 0 Å². The first-order valence-electron chi connectivity index (χ1n) is 4.80. The third kappa shape index (κ3) is 2.11. The molecule has 0 radical (unpaired) electrons. The van der Waals surface area contributed by atoms with Crippen LogP contribution in [-0.4, -0.2) is 0 Å². The third-order valence-electron chi connectivity index (χ3n) is 2.53. The molecule has 2 aromatic rings. The van der Waals surface area contributed by atoms with Gasteiger partial charge in [-0.25, -0.2) is 0 Å². The summed E-state index contributed by atoms with van der Waals surface area (Å²) in [4.78, 5) is 0.969. The van der Waals surface area contributed by atoms with Gasteiger partial charge in [0.15, 0.2) is 0 Å². The largest absolute Gasteiger partial charge is 0.317 e. The van der Waals surface area contributed by atoms with Crippen LogP contribution in [-0.2, 0) is 5.54 Å². The van der Waals surface area contributed by atoms with Crippen molar-refractivity contribution in [2.24, 2.45) is 5.73 Å². The lowest BCUT2D eigenvalue weighted by atomic mass is 9.92. The van der Waals surface area contributed by atoms with Crippen LogP contribution >= 0.6 is 34.5 Å². The van der Waals surface area contributed by atoms with E-state index in [1.165, 1.54) is 0 Å². The molecule has 0 saturated heterocycles. The molecule has 1 aromatic carbocycles. The number of benzene rings is 1. The average Bonchev–Trinajstić information content (AvgIpc) is 2.66. The van der Waals surface area contributed by atoms with E-state index in [1.807, 2.05) is 42.6 Å². The maximum Gasteiger partial charge on any atom is 0.0745 e. The lowest BCUT2D eigenvalue weighted by molar-refractivity contribution is 0.617. The van der Waals surface area contributed by atoms with Gasteiger partial charge in [-0.05, 0) is 36.1 Å². The van der Waals surface area contributed by atoms with Gasteiger partial charge in [0.05, 0.1) is 10.6 Å². The number of hydrogen-bond acceptors (Lipinski definition) is 2. The minimum atomic E-state index is -0.574. The van der Waals surface area contributed by atoms with E-state index in [0.717, 1.165) is 10.4 Å². The third-order valence-corrected chi connectivity index (χ3v) is 4.36. The highest BCUT2D eigenvalue weighted by Crippen LogP contribution is 2.36. The maximum atomic E-state index is 6.34. The Bertz CT molecular complexity index is 488. The Kier molecular flexibility index (Phi) is 3.27. The molecule has 84 valence electrons. The van der Waals surface area contributed by atoms with Crippen molar-refractivity contribution in [1.29, 1.82) is 0 Å². The van der Waals surface area contributed by atoms with Gasteiger partial charge in [-0.1, -0.05) is 35.3 Å². The van der Waals surface area contributed by atoms with E-state index < -0.39 is 5.54 Å². The van der Waals surface area contributed by atoms with Gasteiger partial charge in [-0.2, -0.15) is 0 Å². The molecule has 0 fully saturated rings. The first kappa shape index (κ1) is 11.9. The highest BCUT2D eigenvalue weighted by Gasteiger charge is 2.27. The van der Waals surface area contributed by atoms with E-state index in [1.54, 1.807) is 11.3 Å². The first-order valence-corrected chi connectivity index (χ1v) is 6.44. The summed E-state index contributed by atoms with van der Waals surface area (Å²) < 4.78 is 0. The number of nitrogens with two attached hydrogens (primary N) is 1. The highest BCUT2D eigenvalue weighted by atomic mass is 35.5. The van der Waals surface area contributed by atoms with E-state index in [-0.39, 0.29) is 0 Å². The van der Waals surface area contributed by atoms with Crippen LogP contribution in [0.1, 0.15) is 17.4 Å². The molecular formula is C12H11Cl2NS. The minimum absolute atomic E-state index is 0.574. The number of thiophene rings is 1. The molecule has 1 unspecified atom stereocenters. The van der Waals surface area contributed by atoms with Gasteiger partial charge in [-0.15, -0.1) is 11.3 Å². The molecule has 2 rings (SSSR count). The first-order chi connectivity index (χ1) is 7.51. The van der Waals surface area contributed by atoms with Crippen molar-refractivity contribution >= 4 is 34.5 Å². The lowest BCUT2D eigenvalue weighted by Crippen LogP contribution is -2.33. The summed E-state index contributed by atoms with van der Waals surface area (Å²) in [6, 6.07) is 9.40. The van der Waals surface area contributed by atoms with Crippen LogP contribution in [0.3, 0.4) is 0 Å². The molecule has 0 aliphatic rings. The van der Waals surface area contributed by atoms with Gasteiger partial charge in [0.25, 0.3) is 0 Å². The Morgan fingerprint density at radius 1 is 1.12 bits per heavy atom. The standard InChI is InChI=1S/C12H11Cl2NS/c1-12(15,11-10(14)6-7-16-11)8-2-4-9(13)5-3-8/h2-7H,15H2,1H3. The molecule has 0 saturated carbocycles. The van der Waals surface area contributed by atoms with E-state index in [4.69, 9.17) is 28.9 Å². The zero-order valence-electron chi connectivity index (χ0n) is 8.71. The second-order valence-corrected chi connectivity index (χ2v) is 5.57. The van der Waals surface area contributed by atoms with Crippen LogP contribution < -0.4 is 5.73 Å². The van der Waals surface area contributed by atoms with E-state index in [0.29, 0.717) is 10.0 Å². The summed E-state index contributed by atoms with van der Waals surface area (Å²) >= 11 is 13.5. The zero-order chi connectivity index (χ0) is 11.8. The summed E-state index contributed by atoms with van der Waals surface area (Å²) in [5.41, 5.74) is 6.77. The van der Waals surface area contributed by atoms with E-state index in [9.17, 15) is 0 Å². The molecule has 1 aromatic heterocycles. The quantitative estimate of drug-likeness (QED) is 0.867. The molecule has 2 N–H and O–H groups in total. The Morgan fingerprint density at radius 3 is 2.25 bits per heavy atom. The summed E-state index contributed by atoms with van der Waals surface area (Å²) in [5, 5.41) is 3.36. The molecule has 1 nitrogen and oxygen atoms in total. The monoisotopic (exact) mass is 271 g/mol. The van der Waals surface area contributed by atoms with Crippen molar-refractivity contribution < 1.29 is 0 Å². The maximum absolute atomic E-state index is 6.34. The molecule has 16 heavy (non-hydrogen) atoms. The van der Waals surface area contributed by atoms with Crippen LogP contribution in [0, 0.1) is 0 Å². The normalized spacial score (nSPS) is 14.8. The topological polar surface area (TPSA) is 26.0 Å². The average molecular weight is 272 g/mol. The van der Waals surface area contributed by atoms with Crippen molar-refractivity contribution in [2.75, 3.05) is 0 Å². The van der Waals surface area contributed by atoms with Crippen molar-refractivity contribution in [3.05, 3.63) is 56.2 Å². The van der Waals surface area contributed by atoms with Crippen LogP contribution in [0.25, 0.3) is 0 Å². The van der Waals surface area contributed by atoms with Crippen LogP contribution in [0.4, 0.5) is 0 Å². The fourth-order valence-corrected chi connectivity index (χ4v) is 3.07. The number of hydrogen-bond donors (Lipinski definition) is 1. The molecule has 4 heteroatoms. The van der Waals surface area contributed by atoms with Crippen molar-refractivity contribution in [2.45, 2.75) is 12.5 Å². The number of halogens is 2. The minimum Gasteiger partial charge on any atom is -0.317 e. The van der Waals surface area contributed by atoms with Crippen molar-refractivity contribution in [3.8, 4) is 0 Å². The second kappa shape index (κ2) is 4.38. The summed E-state index contributed by atoms with van der Waals surface area (Å²) in [5.74, 6) is 0. The van der Waals surface area contributed by atoms with E-state index in [2.05, 4.69) is 0 Å². The highest BCUT2D eigenvalue weighted by molar-refractivity contribution is 7.10. The molecular weight excluding hydrogens is 261 g/mol. The van der Waals surface area contributed by atoms with Crippen molar-refractivity contribution in [1.82, 2.24) is 0 Å². The van der Waals surface area contributed by atoms with Crippen LogP contribution in [0.2, 0.25) is 10.0 Å². The Morgan fingerprint density at radius 2 is 1.75 bits per heavy atom. The van der Waals surface area contributed by atoms with E-state index >= 15 is 0 Å². The van der Waals surface area contributed by atoms with Gasteiger partial charge in [0.2, 0.25) is 0 Å². The van der Waals surface area contributed by atoms with Gasteiger partial charge < -0.3 is 5.73 Å². The predicted octanol–water partition coefficient (Wildman–Crippen LogP) is 4.28. The zero-order valence-corrected chi connectivity index (χ0v) is 11.0. The van der Waals surface area contributed by atoms with Crippen LogP contribution in [0.5, 0.6) is 0 Å². The van der Waals surface area contributed by atoms with Gasteiger partial charge in [-0.3, -0.25) is 0 Å². The summed E-state index contributed by atoms with van der Waals surface area (Å²) in [6.07, 6.45) is 0. The summed E-state index contributed by atoms with van der Waals surface area (Å²) in [6.45, 7) is 1.95. The molecule has 0 spiro atoms. The predicted molar refractivity (Wildman–Crippen MR) is 71.4 cm³/mol. The van der Waals surface area contributed by atoms with Crippen LogP contribution in [0.15, 0.2) is 35.7 Å². The fraction of sp³-hybridized carbons (Fsp3) is 0.167.